The number of hydrogen-bond acceptors (Lipinski definition) is 5. The third kappa shape index (κ3) is 4.82. The molecule has 3 aliphatic rings. The molecule has 3 heterocycles. The van der Waals surface area contributed by atoms with Crippen molar-refractivity contribution in [3.8, 4) is 0 Å². The van der Waals surface area contributed by atoms with E-state index in [0.717, 1.165) is 17.7 Å². The highest BCUT2D eigenvalue weighted by Gasteiger charge is 2.28. The standard InChI is InChI=1S/C25H34N4O3/c30-23-11-15-29(25(31)26-23)24-21-17-20(6-7-22(21)32-27-24)16-19-9-13-28(14-10-19)12-8-18-4-2-1-3-5-18/h6-7,17-19H,1-5,8-16H2,(H,26,30,31). The predicted molar refractivity (Wildman–Crippen MR) is 124 cm³/mol. The maximum atomic E-state index is 12.2. The molecule has 0 atom stereocenters. The second kappa shape index (κ2) is 9.61. The Balaban J connectivity index is 1.17. The molecular formula is C25H34N4O3. The first-order valence-electron chi connectivity index (χ1n) is 12.4. The molecule has 1 aromatic heterocycles. The quantitative estimate of drug-likeness (QED) is 0.718. The molecule has 0 bridgehead atoms. The summed E-state index contributed by atoms with van der Waals surface area (Å²) in [6.07, 6.45) is 12.4. The van der Waals surface area contributed by atoms with Crippen LogP contribution in [0.15, 0.2) is 22.7 Å². The van der Waals surface area contributed by atoms with Crippen LogP contribution in [0.1, 0.15) is 63.4 Å². The third-order valence-corrected chi connectivity index (χ3v) is 7.63. The van der Waals surface area contributed by atoms with Crippen molar-refractivity contribution in [1.29, 1.82) is 0 Å². The Labute approximate surface area is 189 Å². The van der Waals surface area contributed by atoms with Gasteiger partial charge in [0.1, 0.15) is 0 Å². The van der Waals surface area contributed by atoms with Gasteiger partial charge < -0.3 is 9.42 Å². The van der Waals surface area contributed by atoms with Gasteiger partial charge in [-0.15, -0.1) is 0 Å². The second-order valence-electron chi connectivity index (χ2n) is 9.87. The first-order valence-corrected chi connectivity index (χ1v) is 12.4. The lowest BCUT2D eigenvalue weighted by atomic mass is 9.86. The monoisotopic (exact) mass is 438 g/mol. The summed E-state index contributed by atoms with van der Waals surface area (Å²) in [7, 11) is 0. The molecule has 0 unspecified atom stereocenters. The maximum Gasteiger partial charge on any atom is 0.329 e. The summed E-state index contributed by atoms with van der Waals surface area (Å²) in [5, 5.41) is 7.33. The smallest absolute Gasteiger partial charge is 0.329 e. The van der Waals surface area contributed by atoms with Crippen molar-refractivity contribution < 1.29 is 14.1 Å². The number of nitrogens with zero attached hydrogens (tertiary/aromatic N) is 3. The first-order chi connectivity index (χ1) is 15.7. The fourth-order valence-electron chi connectivity index (χ4n) is 5.65. The molecule has 7 nitrogen and oxygen atoms in total. The number of nitrogens with one attached hydrogen (secondary N) is 1. The Morgan fingerprint density at radius 2 is 1.81 bits per heavy atom. The van der Waals surface area contributed by atoms with Crippen LogP contribution in [0.3, 0.4) is 0 Å². The molecule has 1 aromatic carbocycles. The molecule has 0 radical (unpaired) electrons. The highest BCUT2D eigenvalue weighted by Crippen LogP contribution is 2.31. The Kier molecular flexibility index (Phi) is 6.44. The van der Waals surface area contributed by atoms with E-state index in [4.69, 9.17) is 4.52 Å². The molecule has 2 saturated heterocycles. The number of urea groups is 1. The minimum absolute atomic E-state index is 0.246. The van der Waals surface area contributed by atoms with Gasteiger partial charge in [0.25, 0.3) is 0 Å². The van der Waals surface area contributed by atoms with E-state index in [9.17, 15) is 9.59 Å². The third-order valence-electron chi connectivity index (χ3n) is 7.63. The van der Waals surface area contributed by atoms with Gasteiger partial charge in [0, 0.05) is 13.0 Å². The summed E-state index contributed by atoms with van der Waals surface area (Å²) >= 11 is 0. The summed E-state index contributed by atoms with van der Waals surface area (Å²) in [5.74, 6) is 1.91. The molecule has 172 valence electrons. The molecule has 7 heteroatoms. The number of piperidine rings is 1. The largest absolute Gasteiger partial charge is 0.354 e. The average Bonchev–Trinajstić information content (AvgIpc) is 3.22. The van der Waals surface area contributed by atoms with Crippen LogP contribution in [0, 0.1) is 11.8 Å². The van der Waals surface area contributed by atoms with Crippen LogP contribution in [0.4, 0.5) is 10.6 Å². The number of imide groups is 1. The van der Waals surface area contributed by atoms with Gasteiger partial charge in [-0.05, 0) is 74.8 Å². The van der Waals surface area contributed by atoms with E-state index in [1.165, 1.54) is 81.5 Å². The number of anilines is 1. The van der Waals surface area contributed by atoms with E-state index in [2.05, 4.69) is 27.5 Å². The molecule has 2 aliphatic heterocycles. The summed E-state index contributed by atoms with van der Waals surface area (Å²) in [6.45, 7) is 4.02. The lowest BCUT2D eigenvalue weighted by Crippen LogP contribution is -2.49. The molecule has 1 saturated carbocycles. The number of amides is 3. The van der Waals surface area contributed by atoms with E-state index in [0.29, 0.717) is 23.9 Å². The summed E-state index contributed by atoms with van der Waals surface area (Å²) in [4.78, 5) is 27.9. The second-order valence-corrected chi connectivity index (χ2v) is 9.87. The number of hydrogen-bond donors (Lipinski definition) is 1. The van der Waals surface area contributed by atoms with Crippen molar-refractivity contribution in [3.63, 3.8) is 0 Å². The fraction of sp³-hybridized carbons (Fsp3) is 0.640. The summed E-state index contributed by atoms with van der Waals surface area (Å²) in [5.41, 5.74) is 1.93. The molecule has 32 heavy (non-hydrogen) atoms. The molecule has 3 amide bonds. The van der Waals surface area contributed by atoms with Crippen LogP contribution in [-0.2, 0) is 11.2 Å². The van der Waals surface area contributed by atoms with Gasteiger partial charge in [-0.25, -0.2) is 4.79 Å². The van der Waals surface area contributed by atoms with Gasteiger partial charge in [-0.3, -0.25) is 15.0 Å². The molecule has 1 aliphatic carbocycles. The van der Waals surface area contributed by atoms with Crippen molar-refractivity contribution in [2.75, 3.05) is 31.1 Å². The molecule has 0 spiro atoms. The van der Waals surface area contributed by atoms with Crippen molar-refractivity contribution in [2.24, 2.45) is 11.8 Å². The zero-order chi connectivity index (χ0) is 21.9. The summed E-state index contributed by atoms with van der Waals surface area (Å²) < 4.78 is 5.45. The van der Waals surface area contributed by atoms with E-state index in [1.807, 2.05) is 6.07 Å². The minimum Gasteiger partial charge on any atom is -0.354 e. The van der Waals surface area contributed by atoms with Gasteiger partial charge in [-0.2, -0.15) is 0 Å². The van der Waals surface area contributed by atoms with Crippen LogP contribution in [0.5, 0.6) is 0 Å². The number of rotatable bonds is 6. The number of likely N-dealkylation sites (tertiary alicyclic amines) is 1. The Hall–Kier alpha value is -2.41. The average molecular weight is 439 g/mol. The van der Waals surface area contributed by atoms with Gasteiger partial charge in [0.2, 0.25) is 5.91 Å². The fourth-order valence-corrected chi connectivity index (χ4v) is 5.65. The number of carbonyl (C=O) groups is 2. The van der Waals surface area contributed by atoms with E-state index in [-0.39, 0.29) is 12.3 Å². The van der Waals surface area contributed by atoms with E-state index >= 15 is 0 Å². The first kappa shape index (κ1) is 21.4. The van der Waals surface area contributed by atoms with Crippen LogP contribution in [0.25, 0.3) is 11.0 Å². The topological polar surface area (TPSA) is 78.7 Å². The number of benzene rings is 1. The Morgan fingerprint density at radius 3 is 2.59 bits per heavy atom. The highest BCUT2D eigenvalue weighted by atomic mass is 16.5. The Morgan fingerprint density at radius 1 is 1.00 bits per heavy atom. The van der Waals surface area contributed by atoms with E-state index < -0.39 is 6.03 Å². The van der Waals surface area contributed by atoms with Crippen molar-refractivity contribution in [2.45, 2.75) is 64.2 Å². The van der Waals surface area contributed by atoms with Crippen molar-refractivity contribution >= 4 is 28.7 Å². The number of fused-ring (bicyclic) bond motifs is 1. The van der Waals surface area contributed by atoms with Crippen LogP contribution >= 0.6 is 0 Å². The van der Waals surface area contributed by atoms with Gasteiger partial charge >= 0.3 is 6.03 Å². The van der Waals surface area contributed by atoms with Crippen LogP contribution in [-0.4, -0.2) is 48.2 Å². The molecule has 5 rings (SSSR count). The maximum absolute atomic E-state index is 12.2. The molecule has 3 fully saturated rings. The van der Waals surface area contributed by atoms with Crippen molar-refractivity contribution in [3.05, 3.63) is 23.8 Å². The molecule has 1 N–H and O–H groups in total. The SMILES string of the molecule is O=C1CCN(c2noc3ccc(CC4CCN(CCC5CCCCC5)CC4)cc23)C(=O)N1. The van der Waals surface area contributed by atoms with Crippen LogP contribution in [0.2, 0.25) is 0 Å². The number of carbonyl (C=O) groups excluding carboxylic acids is 2. The van der Waals surface area contributed by atoms with Crippen LogP contribution < -0.4 is 10.2 Å². The lowest BCUT2D eigenvalue weighted by molar-refractivity contribution is -0.120. The minimum atomic E-state index is -0.428. The van der Waals surface area contributed by atoms with Gasteiger partial charge in [0.05, 0.1) is 5.39 Å². The van der Waals surface area contributed by atoms with E-state index in [1.54, 1.807) is 0 Å². The highest BCUT2D eigenvalue weighted by molar-refractivity contribution is 6.08. The molecule has 2 aromatic rings. The predicted octanol–water partition coefficient (Wildman–Crippen LogP) is 4.50. The number of aromatic nitrogens is 1. The van der Waals surface area contributed by atoms with Gasteiger partial charge in [-0.1, -0.05) is 43.3 Å². The zero-order valence-electron chi connectivity index (χ0n) is 18.9. The van der Waals surface area contributed by atoms with Gasteiger partial charge in [0.15, 0.2) is 11.4 Å². The van der Waals surface area contributed by atoms with Crippen molar-refractivity contribution in [1.82, 2.24) is 15.4 Å². The lowest BCUT2D eigenvalue weighted by Gasteiger charge is -2.33. The normalized spacial score (nSPS) is 21.9. The molecular weight excluding hydrogens is 404 g/mol. The zero-order valence-corrected chi connectivity index (χ0v) is 18.9. The Bertz CT molecular complexity index is 957. The summed E-state index contributed by atoms with van der Waals surface area (Å²) in [6, 6.07) is 5.75.